The molecule has 148 valence electrons. The number of aromatic amines is 1. The number of pyridine rings is 1. The molecule has 2 aromatic carbocycles. The molecule has 5 rings (SSSR count). The summed E-state index contributed by atoms with van der Waals surface area (Å²) in [7, 11) is 0. The number of aromatic nitrogens is 3. The van der Waals surface area contributed by atoms with E-state index in [4.69, 9.17) is 0 Å². The number of carbonyl (C=O) groups is 1. The molecule has 3 heterocycles. The van der Waals surface area contributed by atoms with Crippen molar-refractivity contribution in [3.8, 4) is 0 Å². The molecule has 2 aromatic heterocycles. The number of fused-ring (bicyclic) bond motifs is 2. The zero-order valence-electron chi connectivity index (χ0n) is 15.9. The monoisotopic (exact) mass is 460 g/mol. The Labute approximate surface area is 180 Å². The van der Waals surface area contributed by atoms with Crippen LogP contribution in [0.5, 0.6) is 0 Å². The number of hydrogen-bond acceptors (Lipinski definition) is 4. The molecule has 1 atom stereocenters. The van der Waals surface area contributed by atoms with Crippen molar-refractivity contribution >= 4 is 32.7 Å². The first kappa shape index (κ1) is 18.7. The SMILES string of the molecule is O=C1c2ccccc2C(Cc2ncccc2Br)N1Cc1cccc2[nH]c(=O)ncc12. The van der Waals surface area contributed by atoms with Gasteiger partial charge < -0.3 is 9.88 Å². The molecule has 0 aliphatic carbocycles. The van der Waals surface area contributed by atoms with Gasteiger partial charge in [-0.05, 0) is 51.3 Å². The number of H-pyrrole nitrogens is 1. The van der Waals surface area contributed by atoms with Gasteiger partial charge in [0.2, 0.25) is 0 Å². The van der Waals surface area contributed by atoms with Crippen LogP contribution in [0.15, 0.2) is 76.3 Å². The first-order valence-electron chi connectivity index (χ1n) is 9.58. The minimum Gasteiger partial charge on any atom is -0.327 e. The largest absolute Gasteiger partial charge is 0.345 e. The van der Waals surface area contributed by atoms with Crippen LogP contribution in [0.25, 0.3) is 10.9 Å². The molecular formula is C23H17BrN4O2. The molecule has 6 nitrogen and oxygen atoms in total. The minimum absolute atomic E-state index is 0.00274. The fraction of sp³-hybridized carbons (Fsp3) is 0.130. The quantitative estimate of drug-likeness (QED) is 0.498. The van der Waals surface area contributed by atoms with Crippen LogP contribution >= 0.6 is 15.9 Å². The summed E-state index contributed by atoms with van der Waals surface area (Å²) < 4.78 is 0.925. The van der Waals surface area contributed by atoms with Crippen molar-refractivity contribution in [1.29, 1.82) is 0 Å². The molecule has 1 aliphatic rings. The zero-order chi connectivity index (χ0) is 20.7. The van der Waals surface area contributed by atoms with Crippen molar-refractivity contribution in [3.05, 3.63) is 104 Å². The van der Waals surface area contributed by atoms with Crippen LogP contribution in [0.3, 0.4) is 0 Å². The maximum atomic E-state index is 13.3. The lowest BCUT2D eigenvalue weighted by Gasteiger charge is -2.26. The summed E-state index contributed by atoms with van der Waals surface area (Å²) in [6, 6.07) is 17.1. The Morgan fingerprint density at radius 1 is 1.00 bits per heavy atom. The molecule has 4 aromatic rings. The number of benzene rings is 2. The van der Waals surface area contributed by atoms with E-state index in [9.17, 15) is 9.59 Å². The van der Waals surface area contributed by atoms with Gasteiger partial charge in [0.25, 0.3) is 5.91 Å². The van der Waals surface area contributed by atoms with Gasteiger partial charge in [0.05, 0.1) is 17.3 Å². The third-order valence-corrected chi connectivity index (χ3v) is 6.22. The fourth-order valence-electron chi connectivity index (χ4n) is 4.07. The highest BCUT2D eigenvalue weighted by Crippen LogP contribution is 2.38. The number of halogens is 1. The van der Waals surface area contributed by atoms with E-state index in [0.29, 0.717) is 18.5 Å². The second-order valence-electron chi connectivity index (χ2n) is 7.24. The van der Waals surface area contributed by atoms with E-state index >= 15 is 0 Å². The van der Waals surface area contributed by atoms with Crippen molar-refractivity contribution < 1.29 is 4.79 Å². The van der Waals surface area contributed by atoms with Crippen LogP contribution in [0.2, 0.25) is 0 Å². The number of nitrogens with one attached hydrogen (secondary N) is 1. The van der Waals surface area contributed by atoms with Crippen LogP contribution in [0.4, 0.5) is 0 Å². The summed E-state index contributed by atoms with van der Waals surface area (Å²) in [6.07, 6.45) is 3.94. The first-order valence-corrected chi connectivity index (χ1v) is 10.4. The Kier molecular flexibility index (Phi) is 4.67. The molecule has 0 radical (unpaired) electrons. The second kappa shape index (κ2) is 7.50. The molecule has 1 N–H and O–H groups in total. The number of hydrogen-bond donors (Lipinski definition) is 1. The van der Waals surface area contributed by atoms with Gasteiger partial charge in [-0.2, -0.15) is 0 Å². The van der Waals surface area contributed by atoms with Gasteiger partial charge in [-0.25, -0.2) is 9.78 Å². The van der Waals surface area contributed by atoms with E-state index in [0.717, 1.165) is 32.2 Å². The standard InChI is InChI=1S/C23H17BrN4O2/c24-18-8-4-10-25-20(18)11-21-15-6-1-2-7-16(15)22(29)28(21)13-14-5-3-9-19-17(14)12-26-23(30)27-19/h1-10,12,21H,11,13H2,(H,26,27,30). The van der Waals surface area contributed by atoms with Gasteiger partial charge in [-0.15, -0.1) is 0 Å². The summed E-state index contributed by atoms with van der Waals surface area (Å²) in [5.41, 5.74) is 3.89. The number of rotatable bonds is 4. The highest BCUT2D eigenvalue weighted by molar-refractivity contribution is 9.10. The highest BCUT2D eigenvalue weighted by Gasteiger charge is 2.37. The van der Waals surface area contributed by atoms with E-state index in [1.807, 2.05) is 59.5 Å². The van der Waals surface area contributed by atoms with Crippen molar-refractivity contribution in [2.75, 3.05) is 0 Å². The molecule has 1 amide bonds. The first-order chi connectivity index (χ1) is 14.6. The smallest absolute Gasteiger partial charge is 0.327 e. The van der Waals surface area contributed by atoms with Gasteiger partial charge >= 0.3 is 5.69 Å². The maximum Gasteiger partial charge on any atom is 0.345 e. The van der Waals surface area contributed by atoms with Crippen LogP contribution < -0.4 is 5.69 Å². The van der Waals surface area contributed by atoms with Crippen LogP contribution in [0, 0.1) is 0 Å². The van der Waals surface area contributed by atoms with E-state index in [2.05, 4.69) is 30.9 Å². The second-order valence-corrected chi connectivity index (χ2v) is 8.09. The molecule has 0 saturated carbocycles. The fourth-order valence-corrected chi connectivity index (χ4v) is 4.48. The van der Waals surface area contributed by atoms with Crippen LogP contribution in [0.1, 0.15) is 33.2 Å². The molecule has 0 fully saturated rings. The maximum absolute atomic E-state index is 13.3. The Morgan fingerprint density at radius 3 is 2.73 bits per heavy atom. The summed E-state index contributed by atoms with van der Waals surface area (Å²) >= 11 is 3.58. The van der Waals surface area contributed by atoms with Crippen molar-refractivity contribution in [3.63, 3.8) is 0 Å². The van der Waals surface area contributed by atoms with Crippen LogP contribution in [-0.4, -0.2) is 25.8 Å². The molecule has 0 saturated heterocycles. The summed E-state index contributed by atoms with van der Waals surface area (Å²) in [4.78, 5) is 37.9. The Balaban J connectivity index is 1.57. The zero-order valence-corrected chi connectivity index (χ0v) is 17.5. The summed E-state index contributed by atoms with van der Waals surface area (Å²) in [6.45, 7) is 0.410. The highest BCUT2D eigenvalue weighted by atomic mass is 79.9. The lowest BCUT2D eigenvalue weighted by atomic mass is 10.00. The average Bonchev–Trinajstić information content (AvgIpc) is 3.01. The number of nitrogens with zero attached hydrogens (tertiary/aromatic N) is 3. The van der Waals surface area contributed by atoms with Gasteiger partial charge in [0.1, 0.15) is 0 Å². The Hall–Kier alpha value is -3.32. The average molecular weight is 461 g/mol. The van der Waals surface area contributed by atoms with Gasteiger partial charge in [-0.3, -0.25) is 9.78 Å². The van der Waals surface area contributed by atoms with E-state index in [1.165, 1.54) is 0 Å². The summed E-state index contributed by atoms with van der Waals surface area (Å²) in [5, 5.41) is 0.832. The molecule has 0 spiro atoms. The van der Waals surface area contributed by atoms with Crippen molar-refractivity contribution in [2.24, 2.45) is 0 Å². The topological polar surface area (TPSA) is 79.0 Å². The third-order valence-electron chi connectivity index (χ3n) is 5.50. The molecule has 1 aliphatic heterocycles. The van der Waals surface area contributed by atoms with Gasteiger partial charge in [0, 0.05) is 40.8 Å². The molecule has 7 heteroatoms. The molecular weight excluding hydrogens is 444 g/mol. The third kappa shape index (κ3) is 3.21. The Bertz CT molecular complexity index is 1330. The lowest BCUT2D eigenvalue weighted by molar-refractivity contribution is 0.0709. The van der Waals surface area contributed by atoms with Crippen molar-refractivity contribution in [2.45, 2.75) is 19.0 Å². The minimum atomic E-state index is -0.387. The predicted octanol–water partition coefficient (Wildman–Crippen LogP) is 4.02. The van der Waals surface area contributed by atoms with E-state index in [1.54, 1.807) is 12.4 Å². The normalized spacial score (nSPS) is 15.6. The Morgan fingerprint density at radius 2 is 1.87 bits per heavy atom. The van der Waals surface area contributed by atoms with E-state index < -0.39 is 0 Å². The number of carbonyl (C=O) groups excluding carboxylic acids is 1. The van der Waals surface area contributed by atoms with Crippen LogP contribution in [-0.2, 0) is 13.0 Å². The predicted molar refractivity (Wildman–Crippen MR) is 117 cm³/mol. The lowest BCUT2D eigenvalue weighted by Crippen LogP contribution is -2.29. The molecule has 0 bridgehead atoms. The number of amides is 1. The van der Waals surface area contributed by atoms with E-state index in [-0.39, 0.29) is 17.6 Å². The molecule has 30 heavy (non-hydrogen) atoms. The van der Waals surface area contributed by atoms with Gasteiger partial charge in [0.15, 0.2) is 0 Å². The molecule has 1 unspecified atom stereocenters. The summed E-state index contributed by atoms with van der Waals surface area (Å²) in [5.74, 6) is -0.00274. The van der Waals surface area contributed by atoms with Gasteiger partial charge in [-0.1, -0.05) is 30.3 Å². The van der Waals surface area contributed by atoms with Crippen molar-refractivity contribution in [1.82, 2.24) is 19.9 Å².